The second-order valence-electron chi connectivity index (χ2n) is 8.19. The summed E-state index contributed by atoms with van der Waals surface area (Å²) in [6.45, 7) is 4.51. The molecule has 32 heavy (non-hydrogen) atoms. The van der Waals surface area contributed by atoms with Gasteiger partial charge in [-0.25, -0.2) is 4.98 Å². The van der Waals surface area contributed by atoms with Gasteiger partial charge in [-0.05, 0) is 37.8 Å². The van der Waals surface area contributed by atoms with Crippen LogP contribution < -0.4 is 15.8 Å². The molecule has 0 aliphatic carbocycles. The molecule has 4 N–H and O–H groups in total. The summed E-state index contributed by atoms with van der Waals surface area (Å²) in [6.07, 6.45) is 4.74. The molecule has 0 bridgehead atoms. The Labute approximate surface area is 188 Å². The first-order valence-corrected chi connectivity index (χ1v) is 10.9. The molecule has 10 nitrogen and oxygen atoms in total. The number of rotatable bonds is 4. The number of ether oxygens (including phenoxy) is 1. The molecule has 1 aliphatic heterocycles. The van der Waals surface area contributed by atoms with E-state index >= 15 is 0 Å². The van der Waals surface area contributed by atoms with Crippen LogP contribution in [0.3, 0.4) is 0 Å². The average molecular weight is 457 g/mol. The number of nitrogens with zero attached hydrogens (tertiary/aromatic N) is 3. The zero-order valence-electron chi connectivity index (χ0n) is 18.0. The van der Waals surface area contributed by atoms with Gasteiger partial charge in [0, 0.05) is 11.4 Å². The van der Waals surface area contributed by atoms with E-state index in [1.165, 1.54) is 19.4 Å². The molecule has 0 aromatic carbocycles. The topological polar surface area (TPSA) is 143 Å². The molecule has 1 saturated heterocycles. The molecule has 4 rings (SSSR count). The summed E-state index contributed by atoms with van der Waals surface area (Å²) in [4.78, 5) is 44.5. The monoisotopic (exact) mass is 456 g/mol. The number of pyridine rings is 1. The highest BCUT2D eigenvalue weighted by Crippen LogP contribution is 2.43. The number of methoxy groups -OCH3 is 1. The van der Waals surface area contributed by atoms with Crippen molar-refractivity contribution in [3.8, 4) is 5.88 Å². The van der Waals surface area contributed by atoms with Crippen molar-refractivity contribution >= 4 is 45.0 Å². The first kappa shape index (κ1) is 21.8. The third-order valence-corrected chi connectivity index (χ3v) is 7.20. The fourth-order valence-electron chi connectivity index (χ4n) is 4.01. The summed E-state index contributed by atoms with van der Waals surface area (Å²) < 4.78 is 6.01. The predicted octanol–water partition coefficient (Wildman–Crippen LogP) is 2.24. The first-order chi connectivity index (χ1) is 15.2. The lowest BCUT2D eigenvalue weighted by molar-refractivity contribution is -0.150. The van der Waals surface area contributed by atoms with Gasteiger partial charge in [0.15, 0.2) is 0 Å². The van der Waals surface area contributed by atoms with E-state index in [1.807, 2.05) is 13.0 Å². The molecule has 0 unspecified atom stereocenters. The Hall–Kier alpha value is -3.47. The molecule has 0 saturated carbocycles. The van der Waals surface area contributed by atoms with Crippen LogP contribution in [0.2, 0.25) is 0 Å². The van der Waals surface area contributed by atoms with Crippen LogP contribution in [0.4, 0.5) is 5.69 Å². The van der Waals surface area contributed by atoms with Crippen molar-refractivity contribution in [3.05, 3.63) is 35.0 Å². The molecule has 2 atom stereocenters. The van der Waals surface area contributed by atoms with Crippen LogP contribution in [-0.2, 0) is 15.1 Å². The minimum atomic E-state index is -0.809. The second kappa shape index (κ2) is 8.23. The number of fused-ring (bicyclic) bond motifs is 1. The van der Waals surface area contributed by atoms with Gasteiger partial charge >= 0.3 is 11.8 Å². The van der Waals surface area contributed by atoms with Crippen molar-refractivity contribution in [2.45, 2.75) is 32.2 Å². The summed E-state index contributed by atoms with van der Waals surface area (Å²) in [6, 6.07) is 3.33. The van der Waals surface area contributed by atoms with Gasteiger partial charge in [0.2, 0.25) is 5.88 Å². The van der Waals surface area contributed by atoms with Crippen LogP contribution >= 0.6 is 11.3 Å². The van der Waals surface area contributed by atoms with E-state index in [1.54, 1.807) is 22.4 Å². The van der Waals surface area contributed by atoms with Crippen molar-refractivity contribution in [3.63, 3.8) is 0 Å². The second-order valence-corrected chi connectivity index (χ2v) is 9.28. The van der Waals surface area contributed by atoms with Gasteiger partial charge in [0.25, 0.3) is 5.91 Å². The number of nitrogens with one attached hydrogen (secondary N) is 2. The molecular formula is C21H24N6O4S. The number of primary amides is 1. The summed E-state index contributed by atoms with van der Waals surface area (Å²) in [7, 11) is 1.36. The van der Waals surface area contributed by atoms with E-state index in [-0.39, 0.29) is 23.0 Å². The van der Waals surface area contributed by atoms with Gasteiger partial charge in [-0.15, -0.1) is 11.3 Å². The number of nitrogens with two attached hydrogens (primary N) is 1. The van der Waals surface area contributed by atoms with Gasteiger partial charge in [-0.3, -0.25) is 19.5 Å². The van der Waals surface area contributed by atoms with E-state index in [2.05, 4.69) is 27.4 Å². The lowest BCUT2D eigenvalue weighted by Crippen LogP contribution is -2.55. The Bertz CT molecular complexity index is 1180. The molecule has 3 aromatic heterocycles. The average Bonchev–Trinajstić information content (AvgIpc) is 3.37. The van der Waals surface area contributed by atoms with Gasteiger partial charge in [-0.1, -0.05) is 6.92 Å². The van der Waals surface area contributed by atoms with Gasteiger partial charge in [0.1, 0.15) is 5.56 Å². The molecule has 1 fully saturated rings. The Morgan fingerprint density at radius 2 is 2.12 bits per heavy atom. The van der Waals surface area contributed by atoms with Crippen LogP contribution in [0.15, 0.2) is 24.5 Å². The van der Waals surface area contributed by atoms with Gasteiger partial charge < -0.3 is 20.7 Å². The lowest BCUT2D eigenvalue weighted by Gasteiger charge is -2.46. The molecule has 0 radical (unpaired) electrons. The highest BCUT2D eigenvalue weighted by molar-refractivity contribution is 7.19. The minimum absolute atomic E-state index is 0.0106. The van der Waals surface area contributed by atoms with Crippen LogP contribution in [0.5, 0.6) is 5.88 Å². The summed E-state index contributed by atoms with van der Waals surface area (Å²) in [5.74, 6) is -1.91. The molecular weight excluding hydrogens is 432 g/mol. The molecule has 168 valence electrons. The predicted molar refractivity (Wildman–Crippen MR) is 119 cm³/mol. The van der Waals surface area contributed by atoms with E-state index in [4.69, 9.17) is 10.5 Å². The number of carbonyl (C=O) groups is 3. The maximum atomic E-state index is 13.3. The van der Waals surface area contributed by atoms with Crippen molar-refractivity contribution < 1.29 is 19.1 Å². The number of likely N-dealkylation sites (tertiary alicyclic amines) is 1. The first-order valence-electron chi connectivity index (χ1n) is 10.1. The number of hydrogen-bond acceptors (Lipinski definition) is 7. The zero-order valence-corrected chi connectivity index (χ0v) is 18.8. The summed E-state index contributed by atoms with van der Waals surface area (Å²) >= 11 is 1.56. The van der Waals surface area contributed by atoms with Crippen LogP contribution in [0.1, 0.15) is 41.9 Å². The number of hydrogen-bond donors (Lipinski definition) is 3. The number of H-pyrrole nitrogens is 1. The normalized spacial score (nSPS) is 20.8. The molecule has 11 heteroatoms. The lowest BCUT2D eigenvalue weighted by atomic mass is 9.82. The molecule has 3 amide bonds. The van der Waals surface area contributed by atoms with Crippen molar-refractivity contribution in [2.75, 3.05) is 19.0 Å². The maximum absolute atomic E-state index is 13.3. The largest absolute Gasteiger partial charge is 0.480 e. The number of carbonyl (C=O) groups excluding carboxylic acids is 3. The minimum Gasteiger partial charge on any atom is -0.480 e. The number of anilines is 1. The number of piperidine rings is 1. The number of aromatic nitrogens is 3. The standard InChI is InChI=1S/C21H24N6O4S/c1-11-4-5-21(2,16-7-14-15(32-16)9-24-26-14)27(10-11)20(30)18(29)25-12-6-13(17(22)28)19(31-3)23-8-12/h6-9,11H,4-5,10H2,1-3H3,(H2,22,28)(H,24,26)(H,25,29)/t11-,21-/m0/s1. The van der Waals surface area contributed by atoms with E-state index in [0.717, 1.165) is 27.9 Å². The molecule has 4 heterocycles. The molecule has 0 spiro atoms. The maximum Gasteiger partial charge on any atom is 0.313 e. The van der Waals surface area contributed by atoms with Crippen molar-refractivity contribution in [1.82, 2.24) is 20.1 Å². The van der Waals surface area contributed by atoms with Crippen LogP contribution in [-0.4, -0.2) is 51.5 Å². The third-order valence-electron chi connectivity index (χ3n) is 5.88. The third kappa shape index (κ3) is 3.79. The number of aromatic amines is 1. The van der Waals surface area contributed by atoms with Gasteiger partial charge in [0.05, 0.1) is 40.9 Å². The van der Waals surface area contributed by atoms with E-state index < -0.39 is 23.3 Å². The zero-order chi connectivity index (χ0) is 23.0. The Morgan fingerprint density at radius 1 is 1.34 bits per heavy atom. The van der Waals surface area contributed by atoms with Crippen LogP contribution in [0, 0.1) is 5.92 Å². The van der Waals surface area contributed by atoms with Crippen molar-refractivity contribution in [1.29, 1.82) is 0 Å². The highest BCUT2D eigenvalue weighted by Gasteiger charge is 2.44. The SMILES string of the molecule is COc1ncc(NC(=O)C(=O)N2C[C@@H](C)CC[C@@]2(C)c2cc3[nH]ncc3s2)cc1C(N)=O. The highest BCUT2D eigenvalue weighted by atomic mass is 32.1. The fraction of sp³-hybridized carbons (Fsp3) is 0.381. The number of thiophene rings is 1. The van der Waals surface area contributed by atoms with Crippen LogP contribution in [0.25, 0.3) is 10.2 Å². The number of amides is 3. The Morgan fingerprint density at radius 3 is 2.81 bits per heavy atom. The van der Waals surface area contributed by atoms with Crippen molar-refractivity contribution in [2.24, 2.45) is 11.7 Å². The Balaban J connectivity index is 1.60. The molecule has 1 aliphatic rings. The summed E-state index contributed by atoms with van der Waals surface area (Å²) in [5.41, 5.74) is 5.83. The smallest absolute Gasteiger partial charge is 0.313 e. The Kier molecular flexibility index (Phi) is 5.59. The fourth-order valence-corrected chi connectivity index (χ4v) is 5.18. The van der Waals surface area contributed by atoms with E-state index in [9.17, 15) is 14.4 Å². The van der Waals surface area contributed by atoms with E-state index in [0.29, 0.717) is 6.54 Å². The van der Waals surface area contributed by atoms with Gasteiger partial charge in [-0.2, -0.15) is 5.10 Å². The molecule has 3 aromatic rings. The summed E-state index contributed by atoms with van der Waals surface area (Å²) in [5, 5.41) is 9.53. The quantitative estimate of drug-likeness (QED) is 0.514.